The highest BCUT2D eigenvalue weighted by Gasteiger charge is 2.36. The van der Waals surface area contributed by atoms with Crippen molar-refractivity contribution >= 4 is 0 Å². The van der Waals surface area contributed by atoms with E-state index < -0.39 is 17.6 Å². The number of benzene rings is 1. The summed E-state index contributed by atoms with van der Waals surface area (Å²) in [5.41, 5.74) is 0.792. The van der Waals surface area contributed by atoms with Gasteiger partial charge >= 0.3 is 6.18 Å². The summed E-state index contributed by atoms with van der Waals surface area (Å²) in [5, 5.41) is 0. The van der Waals surface area contributed by atoms with Crippen LogP contribution >= 0.6 is 0 Å². The lowest BCUT2D eigenvalue weighted by Crippen LogP contribution is -2.18. The summed E-state index contributed by atoms with van der Waals surface area (Å²) in [6.07, 6.45) is -4.70. The van der Waals surface area contributed by atoms with Crippen molar-refractivity contribution in [2.24, 2.45) is 0 Å². The molecule has 84 valence electrons. The van der Waals surface area contributed by atoms with Gasteiger partial charge in [-0.2, -0.15) is 18.7 Å². The third-order valence-electron chi connectivity index (χ3n) is 1.79. The van der Waals surface area contributed by atoms with Crippen LogP contribution in [-0.2, 0) is 17.6 Å². The summed E-state index contributed by atoms with van der Waals surface area (Å²) >= 11 is 0. The largest absolute Gasteiger partial charge is 0.419 e. The molecule has 0 bridgehead atoms. The summed E-state index contributed by atoms with van der Waals surface area (Å²) in [7, 11) is 1.27. The van der Waals surface area contributed by atoms with Crippen molar-refractivity contribution in [1.29, 1.82) is 0 Å². The van der Waals surface area contributed by atoms with E-state index in [9.17, 15) is 17.6 Å². The number of halogens is 4. The minimum Gasteiger partial charge on any atom is -0.305 e. The second-order valence-corrected chi connectivity index (χ2v) is 2.80. The molecule has 15 heavy (non-hydrogen) atoms. The predicted octanol–water partition coefficient (Wildman–Crippen LogP) is 2.50. The Bertz CT molecular complexity index is 337. The molecule has 1 aromatic rings. The van der Waals surface area contributed by atoms with E-state index in [1.807, 2.05) is 0 Å². The van der Waals surface area contributed by atoms with Crippen LogP contribution in [0.4, 0.5) is 17.6 Å². The van der Waals surface area contributed by atoms with Gasteiger partial charge in [0.15, 0.2) is 0 Å². The molecule has 6 heteroatoms. The van der Waals surface area contributed by atoms with Gasteiger partial charge in [0.25, 0.3) is 0 Å². The zero-order valence-electron chi connectivity index (χ0n) is 7.86. The molecule has 0 saturated carbocycles. The Morgan fingerprint density at radius 2 is 2.00 bits per heavy atom. The molecule has 0 saturated heterocycles. The molecule has 0 aliphatic heterocycles. The van der Waals surface area contributed by atoms with Gasteiger partial charge in [0.05, 0.1) is 12.7 Å². The van der Waals surface area contributed by atoms with E-state index in [1.165, 1.54) is 19.2 Å². The smallest absolute Gasteiger partial charge is 0.305 e. The Labute approximate surface area is 83.8 Å². The third kappa shape index (κ3) is 2.90. The Balaban J connectivity index is 3.09. The molecule has 0 fully saturated rings. The monoisotopic (exact) mass is 223 g/mol. The first kappa shape index (κ1) is 11.9. The van der Waals surface area contributed by atoms with E-state index in [0.717, 1.165) is 6.07 Å². The minimum atomic E-state index is -4.70. The molecule has 0 atom stereocenters. The molecule has 1 rings (SSSR count). The first-order chi connectivity index (χ1) is 6.96. The normalized spacial score (nSPS) is 11.8. The highest BCUT2D eigenvalue weighted by atomic mass is 19.4. The van der Waals surface area contributed by atoms with Crippen LogP contribution in [0.1, 0.15) is 11.1 Å². The summed E-state index contributed by atoms with van der Waals surface area (Å²) < 4.78 is 50.3. The van der Waals surface area contributed by atoms with E-state index in [-0.39, 0.29) is 12.1 Å². The van der Waals surface area contributed by atoms with Gasteiger partial charge in [0.1, 0.15) is 5.82 Å². The summed E-state index contributed by atoms with van der Waals surface area (Å²) in [5.74, 6) is -1.28. The third-order valence-corrected chi connectivity index (χ3v) is 1.79. The topological polar surface area (TPSA) is 21.3 Å². The second kappa shape index (κ2) is 4.59. The summed E-state index contributed by atoms with van der Waals surface area (Å²) in [4.78, 5) is 4.41. The molecular weight excluding hydrogens is 214 g/mol. The first-order valence-corrected chi connectivity index (χ1v) is 4.07. The number of rotatable bonds is 3. The molecule has 0 unspecified atom stereocenters. The van der Waals surface area contributed by atoms with Gasteiger partial charge < -0.3 is 4.84 Å². The van der Waals surface area contributed by atoms with Gasteiger partial charge in [-0.25, -0.2) is 4.39 Å². The lowest BCUT2D eigenvalue weighted by molar-refractivity contribution is -0.140. The molecule has 0 heterocycles. The average molecular weight is 223 g/mol. The highest BCUT2D eigenvalue weighted by Crippen LogP contribution is 2.33. The molecule has 1 aromatic carbocycles. The Morgan fingerprint density at radius 3 is 2.53 bits per heavy atom. The van der Waals surface area contributed by atoms with Gasteiger partial charge in [0.2, 0.25) is 0 Å². The van der Waals surface area contributed by atoms with Crippen molar-refractivity contribution in [3.05, 3.63) is 35.1 Å². The summed E-state index contributed by atoms with van der Waals surface area (Å²) in [6.45, 7) is -0.205. The molecule has 0 radical (unpaired) electrons. The number of hydrogen-bond acceptors (Lipinski definition) is 2. The number of hydrogen-bond donors (Lipinski definition) is 1. The van der Waals surface area contributed by atoms with Crippen molar-refractivity contribution in [1.82, 2.24) is 5.48 Å². The fourth-order valence-corrected chi connectivity index (χ4v) is 1.18. The average Bonchev–Trinajstić information content (AvgIpc) is 2.12. The fraction of sp³-hybridized carbons (Fsp3) is 0.333. The predicted molar refractivity (Wildman–Crippen MR) is 45.3 cm³/mol. The number of hydroxylamine groups is 1. The maximum absolute atomic E-state index is 13.0. The van der Waals surface area contributed by atoms with Gasteiger partial charge in [-0.3, -0.25) is 0 Å². The van der Waals surface area contributed by atoms with Crippen LogP contribution in [0.2, 0.25) is 0 Å². The standard InChI is InChI=1S/C9H9F4NO/c1-15-14-5-6-3-2-4-7(10)8(6)9(11,12)13/h2-4,14H,5H2,1H3. The van der Waals surface area contributed by atoms with Crippen LogP contribution in [0.5, 0.6) is 0 Å². The molecule has 0 aliphatic rings. The van der Waals surface area contributed by atoms with Crippen LogP contribution < -0.4 is 5.48 Å². The Hall–Kier alpha value is -1.14. The van der Waals surface area contributed by atoms with Crippen LogP contribution in [0, 0.1) is 5.82 Å². The van der Waals surface area contributed by atoms with Crippen molar-refractivity contribution < 1.29 is 22.4 Å². The molecule has 0 amide bonds. The zero-order valence-corrected chi connectivity index (χ0v) is 7.86. The van der Waals surface area contributed by atoms with Gasteiger partial charge in [-0.1, -0.05) is 12.1 Å². The number of nitrogens with one attached hydrogen (secondary N) is 1. The van der Waals surface area contributed by atoms with Crippen LogP contribution in [0.3, 0.4) is 0 Å². The fourth-order valence-electron chi connectivity index (χ4n) is 1.18. The zero-order chi connectivity index (χ0) is 11.5. The number of alkyl halides is 3. The molecule has 2 nitrogen and oxygen atoms in total. The van der Waals surface area contributed by atoms with Gasteiger partial charge in [0, 0.05) is 6.54 Å². The van der Waals surface area contributed by atoms with Crippen molar-refractivity contribution in [2.75, 3.05) is 7.11 Å². The van der Waals surface area contributed by atoms with Crippen LogP contribution in [-0.4, -0.2) is 7.11 Å². The molecular formula is C9H9F4NO. The van der Waals surface area contributed by atoms with Crippen molar-refractivity contribution in [2.45, 2.75) is 12.7 Å². The van der Waals surface area contributed by atoms with Gasteiger partial charge in [-0.15, -0.1) is 0 Å². The highest BCUT2D eigenvalue weighted by molar-refractivity contribution is 5.31. The van der Waals surface area contributed by atoms with E-state index in [2.05, 4.69) is 10.3 Å². The van der Waals surface area contributed by atoms with E-state index in [1.54, 1.807) is 0 Å². The minimum absolute atomic E-state index is 0.190. The molecule has 0 aromatic heterocycles. The van der Waals surface area contributed by atoms with Crippen molar-refractivity contribution in [3.8, 4) is 0 Å². The Kier molecular flexibility index (Phi) is 3.65. The summed E-state index contributed by atoms with van der Waals surface area (Å²) in [6, 6.07) is 3.19. The second-order valence-electron chi connectivity index (χ2n) is 2.80. The first-order valence-electron chi connectivity index (χ1n) is 4.07. The van der Waals surface area contributed by atoms with Gasteiger partial charge in [-0.05, 0) is 11.6 Å². The Morgan fingerprint density at radius 1 is 1.33 bits per heavy atom. The molecule has 0 aliphatic carbocycles. The lowest BCUT2D eigenvalue weighted by atomic mass is 10.1. The van der Waals surface area contributed by atoms with Crippen molar-refractivity contribution in [3.63, 3.8) is 0 Å². The van der Waals surface area contributed by atoms with Crippen LogP contribution in [0.25, 0.3) is 0 Å². The maximum atomic E-state index is 13.0. The van der Waals surface area contributed by atoms with E-state index in [4.69, 9.17) is 0 Å². The molecule has 1 N–H and O–H groups in total. The van der Waals surface area contributed by atoms with E-state index in [0.29, 0.717) is 0 Å². The molecule has 0 spiro atoms. The van der Waals surface area contributed by atoms with E-state index >= 15 is 0 Å². The maximum Gasteiger partial charge on any atom is 0.419 e. The quantitative estimate of drug-likeness (QED) is 0.628. The SMILES string of the molecule is CONCc1cccc(F)c1C(F)(F)F. The van der Waals surface area contributed by atoms with Crippen LogP contribution in [0.15, 0.2) is 18.2 Å². The lowest BCUT2D eigenvalue weighted by Gasteiger charge is -2.13.